The second kappa shape index (κ2) is 7.82. The Morgan fingerprint density at radius 1 is 0.704 bits per heavy atom. The molecule has 4 nitrogen and oxygen atoms in total. The van der Waals surface area contributed by atoms with Crippen molar-refractivity contribution < 1.29 is 20.4 Å². The number of aryl methyl sites for hydroxylation is 2. The van der Waals surface area contributed by atoms with Gasteiger partial charge in [0.2, 0.25) is 0 Å². The molecule has 0 bridgehead atoms. The second-order valence-corrected chi connectivity index (χ2v) is 6.88. The van der Waals surface area contributed by atoms with Crippen LogP contribution in [0.5, 0.6) is 11.5 Å². The van der Waals surface area contributed by atoms with E-state index in [0.717, 1.165) is 16.7 Å². The molecule has 0 heterocycles. The van der Waals surface area contributed by atoms with Gasteiger partial charge in [-0.3, -0.25) is 0 Å². The Morgan fingerprint density at radius 3 is 1.56 bits per heavy atom. The van der Waals surface area contributed by atoms with Crippen molar-refractivity contribution in [1.29, 1.82) is 0 Å². The molecule has 0 spiro atoms. The quantitative estimate of drug-likeness (QED) is 0.518. The molecule has 4 N–H and O–H groups in total. The predicted molar refractivity (Wildman–Crippen MR) is 105 cm³/mol. The third kappa shape index (κ3) is 3.68. The maximum Gasteiger partial charge on any atom is 0.125 e. The van der Waals surface area contributed by atoms with Crippen molar-refractivity contribution in [2.45, 2.75) is 33.0 Å². The maximum absolute atomic E-state index is 10.8. The van der Waals surface area contributed by atoms with E-state index in [1.54, 1.807) is 12.1 Å². The molecule has 0 aromatic heterocycles. The summed E-state index contributed by atoms with van der Waals surface area (Å²) in [6.45, 7) is 3.26. The standard InChI is InChI=1S/C23H24O4/c1-14-8-17(12-24)22(26)19(10-14)21(16-6-4-3-5-7-16)20-11-15(2)9-18(13-25)23(20)27/h3-11,21,24-27H,12-13H2,1-2H3. The molecular formula is C23H24O4. The summed E-state index contributed by atoms with van der Waals surface area (Å²) in [6, 6.07) is 16.8. The van der Waals surface area contributed by atoms with Crippen molar-refractivity contribution in [3.63, 3.8) is 0 Å². The van der Waals surface area contributed by atoms with Gasteiger partial charge in [0.15, 0.2) is 0 Å². The summed E-state index contributed by atoms with van der Waals surface area (Å²) in [6.07, 6.45) is 0. The normalized spacial score (nSPS) is 11.1. The molecule has 0 atom stereocenters. The van der Waals surface area contributed by atoms with Gasteiger partial charge in [-0.1, -0.05) is 65.7 Å². The van der Waals surface area contributed by atoms with E-state index >= 15 is 0 Å². The fourth-order valence-corrected chi connectivity index (χ4v) is 3.62. The second-order valence-electron chi connectivity index (χ2n) is 6.88. The lowest BCUT2D eigenvalue weighted by Gasteiger charge is -2.24. The molecule has 0 fully saturated rings. The first-order chi connectivity index (χ1) is 13.0. The molecule has 3 aromatic carbocycles. The SMILES string of the molecule is Cc1cc(CO)c(O)c(C(c2ccccc2)c2cc(C)cc(CO)c2O)c1. The van der Waals surface area contributed by atoms with Gasteiger partial charge < -0.3 is 20.4 Å². The van der Waals surface area contributed by atoms with Gasteiger partial charge in [-0.15, -0.1) is 0 Å². The molecule has 0 radical (unpaired) electrons. The Labute approximate surface area is 159 Å². The van der Waals surface area contributed by atoms with Crippen molar-refractivity contribution in [3.05, 3.63) is 93.5 Å². The van der Waals surface area contributed by atoms with Gasteiger partial charge in [0.25, 0.3) is 0 Å². The van der Waals surface area contributed by atoms with E-state index in [4.69, 9.17) is 0 Å². The lowest BCUT2D eigenvalue weighted by atomic mass is 9.81. The first-order valence-electron chi connectivity index (χ1n) is 8.87. The van der Waals surface area contributed by atoms with Crippen LogP contribution in [-0.4, -0.2) is 20.4 Å². The van der Waals surface area contributed by atoms with Gasteiger partial charge in [-0.05, 0) is 19.4 Å². The van der Waals surface area contributed by atoms with Crippen LogP contribution in [0, 0.1) is 13.8 Å². The van der Waals surface area contributed by atoms with Crippen LogP contribution in [0.3, 0.4) is 0 Å². The summed E-state index contributed by atoms with van der Waals surface area (Å²) in [5.41, 5.74) is 4.81. The zero-order valence-corrected chi connectivity index (χ0v) is 15.5. The summed E-state index contributed by atoms with van der Waals surface area (Å²) < 4.78 is 0. The van der Waals surface area contributed by atoms with Crippen LogP contribution < -0.4 is 0 Å². The van der Waals surface area contributed by atoms with Gasteiger partial charge in [-0.25, -0.2) is 0 Å². The molecule has 27 heavy (non-hydrogen) atoms. The molecule has 0 amide bonds. The molecule has 4 heteroatoms. The highest BCUT2D eigenvalue weighted by atomic mass is 16.3. The fraction of sp³-hybridized carbons (Fsp3) is 0.217. The number of aromatic hydroxyl groups is 2. The van der Waals surface area contributed by atoms with Crippen molar-refractivity contribution in [1.82, 2.24) is 0 Å². The van der Waals surface area contributed by atoms with Gasteiger partial charge in [0, 0.05) is 28.2 Å². The number of benzene rings is 3. The van der Waals surface area contributed by atoms with Crippen LogP contribution in [-0.2, 0) is 13.2 Å². The van der Waals surface area contributed by atoms with Crippen LogP contribution in [0.25, 0.3) is 0 Å². The summed E-state index contributed by atoms with van der Waals surface area (Å²) in [7, 11) is 0. The van der Waals surface area contributed by atoms with E-state index in [1.165, 1.54) is 0 Å². The molecule has 0 saturated heterocycles. The molecule has 0 unspecified atom stereocenters. The average Bonchev–Trinajstić information content (AvgIpc) is 2.67. The topological polar surface area (TPSA) is 80.9 Å². The Kier molecular flexibility index (Phi) is 5.49. The zero-order valence-electron chi connectivity index (χ0n) is 15.5. The molecule has 0 aliphatic rings. The maximum atomic E-state index is 10.8. The number of hydrogen-bond donors (Lipinski definition) is 4. The first kappa shape index (κ1) is 19.0. The van der Waals surface area contributed by atoms with Crippen LogP contribution in [0.2, 0.25) is 0 Å². The number of aliphatic hydroxyl groups is 2. The molecule has 0 aliphatic heterocycles. The van der Waals surface area contributed by atoms with Gasteiger partial charge in [0.1, 0.15) is 11.5 Å². The lowest BCUT2D eigenvalue weighted by Crippen LogP contribution is -2.07. The van der Waals surface area contributed by atoms with E-state index in [1.807, 2.05) is 56.3 Å². The number of rotatable bonds is 5. The minimum atomic E-state index is -0.443. The summed E-state index contributed by atoms with van der Waals surface area (Å²) in [5.74, 6) is -0.409. The largest absolute Gasteiger partial charge is 0.507 e. The number of hydrogen-bond acceptors (Lipinski definition) is 4. The summed E-state index contributed by atoms with van der Waals surface area (Å²) in [5, 5.41) is 40.9. The van der Waals surface area contributed by atoms with E-state index in [-0.39, 0.29) is 24.7 Å². The Morgan fingerprint density at radius 2 is 1.15 bits per heavy atom. The van der Waals surface area contributed by atoms with Crippen LogP contribution >= 0.6 is 0 Å². The Bertz CT molecular complexity index is 889. The molecule has 3 aromatic rings. The molecule has 3 rings (SSSR count). The highest BCUT2D eigenvalue weighted by Gasteiger charge is 2.25. The van der Waals surface area contributed by atoms with Crippen molar-refractivity contribution in [2.75, 3.05) is 0 Å². The van der Waals surface area contributed by atoms with E-state index in [9.17, 15) is 20.4 Å². The average molecular weight is 364 g/mol. The van der Waals surface area contributed by atoms with Gasteiger partial charge >= 0.3 is 0 Å². The number of phenols is 2. The monoisotopic (exact) mass is 364 g/mol. The van der Waals surface area contributed by atoms with Crippen molar-refractivity contribution >= 4 is 0 Å². The van der Waals surface area contributed by atoms with Gasteiger partial charge in [0.05, 0.1) is 13.2 Å². The van der Waals surface area contributed by atoms with E-state index in [0.29, 0.717) is 22.3 Å². The van der Waals surface area contributed by atoms with Gasteiger partial charge in [-0.2, -0.15) is 0 Å². The molecule has 0 aliphatic carbocycles. The fourth-order valence-electron chi connectivity index (χ4n) is 3.62. The highest BCUT2D eigenvalue weighted by Crippen LogP contribution is 2.43. The van der Waals surface area contributed by atoms with Crippen LogP contribution in [0.1, 0.15) is 44.9 Å². The Balaban J connectivity index is 2.34. The molecular weight excluding hydrogens is 340 g/mol. The third-order valence-electron chi connectivity index (χ3n) is 4.82. The molecule has 0 saturated carbocycles. The predicted octanol–water partition coefficient (Wildman–Crippen LogP) is 3.88. The van der Waals surface area contributed by atoms with Crippen molar-refractivity contribution in [3.8, 4) is 11.5 Å². The highest BCUT2D eigenvalue weighted by molar-refractivity contribution is 5.57. The first-order valence-corrected chi connectivity index (χ1v) is 8.87. The van der Waals surface area contributed by atoms with Crippen LogP contribution in [0.15, 0.2) is 54.6 Å². The zero-order chi connectivity index (χ0) is 19.6. The van der Waals surface area contributed by atoms with E-state index in [2.05, 4.69) is 0 Å². The summed E-state index contributed by atoms with van der Waals surface area (Å²) >= 11 is 0. The smallest absolute Gasteiger partial charge is 0.125 e. The van der Waals surface area contributed by atoms with Crippen molar-refractivity contribution in [2.24, 2.45) is 0 Å². The number of aliphatic hydroxyl groups excluding tert-OH is 2. The molecule has 140 valence electrons. The van der Waals surface area contributed by atoms with Crippen LogP contribution in [0.4, 0.5) is 0 Å². The summed E-state index contributed by atoms with van der Waals surface area (Å²) in [4.78, 5) is 0. The third-order valence-corrected chi connectivity index (χ3v) is 4.82. The van der Waals surface area contributed by atoms with E-state index < -0.39 is 5.92 Å². The Hall–Kier alpha value is -2.82. The minimum Gasteiger partial charge on any atom is -0.507 e. The lowest BCUT2D eigenvalue weighted by molar-refractivity contribution is 0.274. The minimum absolute atomic E-state index is 0.0170.